The number of carbonyl (C=O) groups excluding carboxylic acids is 2. The summed E-state index contributed by atoms with van der Waals surface area (Å²) in [7, 11) is 0. The smallest absolute Gasteiger partial charge is 0.260 e. The average molecular weight is 381 g/mol. The summed E-state index contributed by atoms with van der Waals surface area (Å²) in [5.74, 6) is 0.737. The number of piperazine rings is 1. The lowest BCUT2D eigenvalue weighted by atomic mass is 10.1. The number of hydrogen-bond acceptors (Lipinski definition) is 4. The number of carbonyl (C=O) groups is 2. The minimum atomic E-state index is -0.0527. The van der Waals surface area contributed by atoms with Gasteiger partial charge in [-0.15, -0.1) is 0 Å². The van der Waals surface area contributed by atoms with E-state index < -0.39 is 0 Å². The van der Waals surface area contributed by atoms with Crippen molar-refractivity contribution in [3.05, 3.63) is 54.6 Å². The fraction of sp³-hybridized carbons (Fsp3) is 0.364. The Kier molecular flexibility index (Phi) is 6.53. The zero-order valence-electron chi connectivity index (χ0n) is 16.4. The van der Waals surface area contributed by atoms with E-state index in [4.69, 9.17) is 4.74 Å². The van der Waals surface area contributed by atoms with Crippen molar-refractivity contribution in [3.63, 3.8) is 0 Å². The van der Waals surface area contributed by atoms with Crippen molar-refractivity contribution in [1.29, 1.82) is 0 Å². The maximum atomic E-state index is 12.4. The Bertz CT molecular complexity index is 782. The van der Waals surface area contributed by atoms with Gasteiger partial charge in [0.1, 0.15) is 5.75 Å². The van der Waals surface area contributed by atoms with E-state index in [0.717, 1.165) is 11.4 Å². The van der Waals surface area contributed by atoms with Gasteiger partial charge in [-0.3, -0.25) is 9.59 Å². The van der Waals surface area contributed by atoms with Crippen molar-refractivity contribution in [2.75, 3.05) is 38.1 Å². The summed E-state index contributed by atoms with van der Waals surface area (Å²) < 4.78 is 5.64. The SMILES string of the molecule is CC(C)C(=O)N1CCN(C(=O)COc2ccc(Nc3ccccc3)cc2)CC1. The highest BCUT2D eigenvalue weighted by Crippen LogP contribution is 2.20. The monoisotopic (exact) mass is 381 g/mol. The van der Waals surface area contributed by atoms with Gasteiger partial charge in [-0.1, -0.05) is 32.0 Å². The Morgan fingerprint density at radius 1 is 0.893 bits per heavy atom. The topological polar surface area (TPSA) is 61.9 Å². The van der Waals surface area contributed by atoms with Crippen LogP contribution in [0.1, 0.15) is 13.8 Å². The molecule has 0 spiro atoms. The molecule has 2 amide bonds. The van der Waals surface area contributed by atoms with Gasteiger partial charge >= 0.3 is 0 Å². The zero-order valence-corrected chi connectivity index (χ0v) is 16.4. The fourth-order valence-electron chi connectivity index (χ4n) is 3.10. The number of hydrogen-bond donors (Lipinski definition) is 1. The summed E-state index contributed by atoms with van der Waals surface area (Å²) in [5, 5.41) is 3.31. The maximum absolute atomic E-state index is 12.4. The van der Waals surface area contributed by atoms with Crippen LogP contribution in [0.3, 0.4) is 0 Å². The molecule has 0 bridgehead atoms. The first-order valence-electron chi connectivity index (χ1n) is 9.64. The highest BCUT2D eigenvalue weighted by molar-refractivity contribution is 5.80. The minimum absolute atomic E-state index is 0.00356. The third kappa shape index (κ3) is 5.25. The van der Waals surface area contributed by atoms with Crippen molar-refractivity contribution in [2.24, 2.45) is 5.92 Å². The molecule has 6 nitrogen and oxygen atoms in total. The molecule has 2 aromatic carbocycles. The highest BCUT2D eigenvalue weighted by Gasteiger charge is 2.25. The molecule has 28 heavy (non-hydrogen) atoms. The zero-order chi connectivity index (χ0) is 19.9. The van der Waals surface area contributed by atoms with E-state index in [-0.39, 0.29) is 24.3 Å². The van der Waals surface area contributed by atoms with E-state index in [1.54, 1.807) is 4.90 Å². The lowest BCUT2D eigenvalue weighted by Crippen LogP contribution is -2.52. The Labute approximate surface area is 166 Å². The predicted molar refractivity (Wildman–Crippen MR) is 110 cm³/mol. The summed E-state index contributed by atoms with van der Waals surface area (Å²) >= 11 is 0. The first-order chi connectivity index (χ1) is 13.5. The highest BCUT2D eigenvalue weighted by atomic mass is 16.5. The fourth-order valence-corrected chi connectivity index (χ4v) is 3.10. The minimum Gasteiger partial charge on any atom is -0.484 e. The lowest BCUT2D eigenvalue weighted by Gasteiger charge is -2.35. The molecule has 148 valence electrons. The summed E-state index contributed by atoms with van der Waals surface area (Å²) in [5.41, 5.74) is 1.97. The van der Waals surface area contributed by atoms with Crippen LogP contribution in [0.25, 0.3) is 0 Å². The number of anilines is 2. The molecule has 3 rings (SSSR count). The van der Waals surface area contributed by atoms with E-state index in [0.29, 0.717) is 31.9 Å². The third-order valence-corrected chi connectivity index (χ3v) is 4.72. The number of para-hydroxylation sites is 1. The van der Waals surface area contributed by atoms with Crippen molar-refractivity contribution >= 4 is 23.2 Å². The first-order valence-corrected chi connectivity index (χ1v) is 9.64. The van der Waals surface area contributed by atoms with Gasteiger partial charge in [-0.05, 0) is 36.4 Å². The molecular weight excluding hydrogens is 354 g/mol. The van der Waals surface area contributed by atoms with E-state index in [2.05, 4.69) is 5.32 Å². The van der Waals surface area contributed by atoms with E-state index in [9.17, 15) is 9.59 Å². The van der Waals surface area contributed by atoms with Gasteiger partial charge in [-0.25, -0.2) is 0 Å². The van der Waals surface area contributed by atoms with Crippen LogP contribution < -0.4 is 10.1 Å². The van der Waals surface area contributed by atoms with E-state index in [1.807, 2.05) is 73.3 Å². The molecular formula is C22H27N3O3. The van der Waals surface area contributed by atoms with Gasteiger partial charge < -0.3 is 19.9 Å². The number of benzene rings is 2. The van der Waals surface area contributed by atoms with E-state index in [1.165, 1.54) is 0 Å². The second-order valence-electron chi connectivity index (χ2n) is 7.16. The second kappa shape index (κ2) is 9.26. The number of ether oxygens (including phenoxy) is 1. The van der Waals surface area contributed by atoms with E-state index >= 15 is 0 Å². The Balaban J connectivity index is 1.44. The van der Waals surface area contributed by atoms with Gasteiger partial charge in [0.2, 0.25) is 5.91 Å². The molecule has 0 saturated carbocycles. The van der Waals surface area contributed by atoms with Gasteiger partial charge in [0, 0.05) is 43.5 Å². The molecule has 1 aliphatic heterocycles. The number of amides is 2. The van der Waals surface area contributed by atoms with Crippen molar-refractivity contribution in [3.8, 4) is 5.75 Å². The Morgan fingerprint density at radius 3 is 2.07 bits per heavy atom. The van der Waals surface area contributed by atoms with Crippen LogP contribution >= 0.6 is 0 Å². The average Bonchev–Trinajstić information content (AvgIpc) is 2.73. The van der Waals surface area contributed by atoms with Crippen LogP contribution in [0.2, 0.25) is 0 Å². The maximum Gasteiger partial charge on any atom is 0.260 e. The molecule has 2 aromatic rings. The summed E-state index contributed by atoms with van der Waals surface area (Å²) in [4.78, 5) is 28.0. The number of nitrogens with one attached hydrogen (secondary N) is 1. The molecule has 6 heteroatoms. The van der Waals surface area contributed by atoms with Crippen molar-refractivity contribution in [2.45, 2.75) is 13.8 Å². The summed E-state index contributed by atoms with van der Waals surface area (Å²) in [6.07, 6.45) is 0. The second-order valence-corrected chi connectivity index (χ2v) is 7.16. The molecule has 1 fully saturated rings. The number of nitrogens with zero attached hydrogens (tertiary/aromatic N) is 2. The molecule has 0 radical (unpaired) electrons. The lowest BCUT2D eigenvalue weighted by molar-refractivity contribution is -0.142. The van der Waals surface area contributed by atoms with Gasteiger partial charge in [0.15, 0.2) is 6.61 Å². The molecule has 1 heterocycles. The molecule has 0 aliphatic carbocycles. The van der Waals surface area contributed by atoms with Gasteiger partial charge in [0.05, 0.1) is 0 Å². The Morgan fingerprint density at radius 2 is 1.46 bits per heavy atom. The summed E-state index contributed by atoms with van der Waals surface area (Å²) in [6, 6.07) is 17.5. The van der Waals surface area contributed by atoms with Crippen LogP contribution in [-0.2, 0) is 9.59 Å². The van der Waals surface area contributed by atoms with Crippen LogP contribution in [0.4, 0.5) is 11.4 Å². The largest absolute Gasteiger partial charge is 0.484 e. The summed E-state index contributed by atoms with van der Waals surface area (Å²) in [6.45, 7) is 6.08. The molecule has 0 unspecified atom stereocenters. The molecule has 0 aromatic heterocycles. The molecule has 1 N–H and O–H groups in total. The predicted octanol–water partition coefficient (Wildman–Crippen LogP) is 3.14. The van der Waals surface area contributed by atoms with Crippen molar-refractivity contribution < 1.29 is 14.3 Å². The Hall–Kier alpha value is -3.02. The van der Waals surface area contributed by atoms with Crippen LogP contribution in [0, 0.1) is 5.92 Å². The van der Waals surface area contributed by atoms with Crippen LogP contribution in [0.15, 0.2) is 54.6 Å². The third-order valence-electron chi connectivity index (χ3n) is 4.72. The quantitative estimate of drug-likeness (QED) is 0.835. The van der Waals surface area contributed by atoms with Crippen LogP contribution in [0.5, 0.6) is 5.75 Å². The first kappa shape index (κ1) is 19.7. The molecule has 0 atom stereocenters. The van der Waals surface area contributed by atoms with Gasteiger partial charge in [-0.2, -0.15) is 0 Å². The standard InChI is InChI=1S/C22H27N3O3/c1-17(2)22(27)25-14-12-24(13-15-25)21(26)16-28-20-10-8-19(9-11-20)23-18-6-4-3-5-7-18/h3-11,17,23H,12-16H2,1-2H3. The number of rotatable bonds is 6. The van der Waals surface area contributed by atoms with Crippen molar-refractivity contribution in [1.82, 2.24) is 9.80 Å². The normalized spacial score (nSPS) is 14.1. The molecule has 1 saturated heterocycles. The molecule has 1 aliphatic rings. The van der Waals surface area contributed by atoms with Gasteiger partial charge in [0.25, 0.3) is 5.91 Å². The van der Waals surface area contributed by atoms with Crippen LogP contribution in [-0.4, -0.2) is 54.4 Å².